The number of carbonyl (C=O) groups is 1. The molecule has 0 spiro atoms. The first-order valence-electron chi connectivity index (χ1n) is 5.25. The molecule has 1 amide bonds. The highest BCUT2D eigenvalue weighted by Crippen LogP contribution is 2.15. The second kappa shape index (κ2) is 9.45. The number of ether oxygens (including phenoxy) is 2. The van der Waals surface area contributed by atoms with Gasteiger partial charge < -0.3 is 14.4 Å². The van der Waals surface area contributed by atoms with E-state index in [0.717, 1.165) is 0 Å². The Hall–Kier alpha value is -0.480. The third kappa shape index (κ3) is 5.91. The third-order valence-electron chi connectivity index (χ3n) is 2.22. The molecule has 1 N–H and O–H groups in total. The first kappa shape index (κ1) is 17.5. The quantitative estimate of drug-likeness (QED) is 0.263. The Morgan fingerprint density at radius 2 is 2.06 bits per heavy atom. The summed E-state index contributed by atoms with van der Waals surface area (Å²) < 4.78 is 11.7. The van der Waals surface area contributed by atoms with Gasteiger partial charge in [-0.05, 0) is 0 Å². The van der Waals surface area contributed by atoms with E-state index in [1.807, 2.05) is 4.31 Å². The highest BCUT2D eigenvalue weighted by molar-refractivity contribution is 14.0. The number of methoxy groups -OCH3 is 1. The van der Waals surface area contributed by atoms with Crippen molar-refractivity contribution in [3.05, 3.63) is 12.7 Å². The molecule has 18 heavy (non-hydrogen) atoms. The van der Waals surface area contributed by atoms with Crippen LogP contribution in [-0.4, -0.2) is 60.4 Å². The SMILES string of the molecule is C=CCOC(=O)N1CCN(SC(=N)OC)CC1.I. The summed E-state index contributed by atoms with van der Waals surface area (Å²) in [7, 11) is 1.47. The lowest BCUT2D eigenvalue weighted by Crippen LogP contribution is -2.46. The van der Waals surface area contributed by atoms with Crippen LogP contribution >= 0.6 is 35.9 Å². The summed E-state index contributed by atoms with van der Waals surface area (Å²) in [6.45, 7) is 6.31. The molecule has 104 valence electrons. The zero-order chi connectivity index (χ0) is 12.7. The molecule has 0 bridgehead atoms. The van der Waals surface area contributed by atoms with Crippen molar-refractivity contribution in [2.24, 2.45) is 0 Å². The summed E-state index contributed by atoms with van der Waals surface area (Å²) in [6, 6.07) is 0. The summed E-state index contributed by atoms with van der Waals surface area (Å²) in [5.41, 5.74) is 0. The average molecular weight is 387 g/mol. The topological polar surface area (TPSA) is 65.9 Å². The van der Waals surface area contributed by atoms with E-state index in [9.17, 15) is 4.79 Å². The van der Waals surface area contributed by atoms with Crippen LogP contribution in [0.15, 0.2) is 12.7 Å². The van der Waals surface area contributed by atoms with Gasteiger partial charge in [0.2, 0.25) is 0 Å². The molecule has 0 unspecified atom stereocenters. The van der Waals surface area contributed by atoms with E-state index >= 15 is 0 Å². The molecule has 8 heteroatoms. The standard InChI is InChI=1S/C10H17N3O3S.HI/c1-3-8-16-10(14)12-4-6-13(7-5-12)17-9(11)15-2;/h3,11H,1,4-8H2,2H3;1H. The maximum atomic E-state index is 11.5. The van der Waals surface area contributed by atoms with Gasteiger partial charge in [0.1, 0.15) is 6.61 Å². The lowest BCUT2D eigenvalue weighted by molar-refractivity contribution is 0.0994. The van der Waals surface area contributed by atoms with Gasteiger partial charge in [0.15, 0.2) is 0 Å². The fourth-order valence-electron chi connectivity index (χ4n) is 1.34. The first-order valence-corrected chi connectivity index (χ1v) is 6.02. The largest absolute Gasteiger partial charge is 0.476 e. The molecule has 0 aromatic carbocycles. The van der Waals surface area contributed by atoms with Crippen LogP contribution in [-0.2, 0) is 9.47 Å². The van der Waals surface area contributed by atoms with Crippen molar-refractivity contribution < 1.29 is 14.3 Å². The Balaban J connectivity index is 0.00000289. The van der Waals surface area contributed by atoms with Crippen LogP contribution in [0.5, 0.6) is 0 Å². The van der Waals surface area contributed by atoms with Crippen molar-refractivity contribution in [3.63, 3.8) is 0 Å². The second-order valence-corrected chi connectivity index (χ2v) is 4.43. The van der Waals surface area contributed by atoms with E-state index in [2.05, 4.69) is 6.58 Å². The van der Waals surface area contributed by atoms with Gasteiger partial charge in [-0.3, -0.25) is 5.41 Å². The van der Waals surface area contributed by atoms with Crippen molar-refractivity contribution >= 4 is 47.2 Å². The monoisotopic (exact) mass is 387 g/mol. The number of nitrogens with zero attached hydrogens (tertiary/aromatic N) is 2. The van der Waals surface area contributed by atoms with Crippen LogP contribution < -0.4 is 0 Å². The van der Waals surface area contributed by atoms with E-state index in [-0.39, 0.29) is 41.9 Å². The Bertz CT molecular complexity index is 296. The molecule has 0 saturated carbocycles. The summed E-state index contributed by atoms with van der Waals surface area (Å²) in [5, 5.41) is 7.54. The van der Waals surface area contributed by atoms with Crippen LogP contribution in [0.3, 0.4) is 0 Å². The van der Waals surface area contributed by atoms with Gasteiger partial charge in [-0.1, -0.05) is 12.7 Å². The highest BCUT2D eigenvalue weighted by Gasteiger charge is 2.23. The van der Waals surface area contributed by atoms with Gasteiger partial charge in [0, 0.05) is 38.1 Å². The van der Waals surface area contributed by atoms with Crippen LogP contribution in [0.4, 0.5) is 4.79 Å². The molecule has 6 nitrogen and oxygen atoms in total. The van der Waals surface area contributed by atoms with Crippen LogP contribution in [0.2, 0.25) is 0 Å². The van der Waals surface area contributed by atoms with E-state index in [1.165, 1.54) is 19.1 Å². The molecule has 0 aliphatic carbocycles. The fraction of sp³-hybridized carbons (Fsp3) is 0.600. The number of piperazine rings is 1. The van der Waals surface area contributed by atoms with Crippen LogP contribution in [0.25, 0.3) is 0 Å². The van der Waals surface area contributed by atoms with Gasteiger partial charge in [-0.2, -0.15) is 0 Å². The number of halogens is 1. The Kier molecular flexibility index (Phi) is 9.20. The number of rotatable bonds is 3. The normalized spacial score (nSPS) is 15.5. The summed E-state index contributed by atoms with van der Waals surface area (Å²) in [4.78, 5) is 13.2. The molecule has 0 radical (unpaired) electrons. The number of hydrogen-bond donors (Lipinski definition) is 1. The third-order valence-corrected chi connectivity index (χ3v) is 3.17. The van der Waals surface area contributed by atoms with E-state index in [4.69, 9.17) is 14.9 Å². The minimum absolute atomic E-state index is 0. The maximum absolute atomic E-state index is 11.5. The molecule has 0 aromatic rings. The van der Waals surface area contributed by atoms with Crippen molar-refractivity contribution in [1.29, 1.82) is 5.41 Å². The average Bonchev–Trinajstić information content (AvgIpc) is 2.36. The summed E-state index contributed by atoms with van der Waals surface area (Å²) >= 11 is 1.25. The molecule has 0 aromatic heterocycles. The summed E-state index contributed by atoms with van der Waals surface area (Å²) in [5.74, 6) is 0. The van der Waals surface area contributed by atoms with Crippen molar-refractivity contribution in [1.82, 2.24) is 9.21 Å². The number of carbonyl (C=O) groups excluding carboxylic acids is 1. The Morgan fingerprint density at radius 3 is 2.56 bits per heavy atom. The van der Waals surface area contributed by atoms with Gasteiger partial charge in [0.05, 0.1) is 7.11 Å². The van der Waals surface area contributed by atoms with Gasteiger partial charge in [-0.25, -0.2) is 9.10 Å². The molecule has 1 aliphatic heterocycles. The molecular weight excluding hydrogens is 369 g/mol. The van der Waals surface area contributed by atoms with Crippen molar-refractivity contribution in [3.8, 4) is 0 Å². The molecular formula is C10H18IN3O3S. The molecule has 1 fully saturated rings. The maximum Gasteiger partial charge on any atom is 0.410 e. The predicted octanol–water partition coefficient (Wildman–Crippen LogP) is 1.77. The summed E-state index contributed by atoms with van der Waals surface area (Å²) in [6.07, 6.45) is 1.24. The molecule has 1 rings (SSSR count). The Labute approximate surface area is 128 Å². The first-order chi connectivity index (χ1) is 8.17. The lowest BCUT2D eigenvalue weighted by atomic mass is 10.4. The molecule has 1 aliphatic rings. The minimum Gasteiger partial charge on any atom is -0.476 e. The Morgan fingerprint density at radius 1 is 1.44 bits per heavy atom. The predicted molar refractivity (Wildman–Crippen MR) is 82.4 cm³/mol. The number of hydrogen-bond acceptors (Lipinski definition) is 6. The van der Waals surface area contributed by atoms with Crippen molar-refractivity contribution in [2.45, 2.75) is 0 Å². The van der Waals surface area contributed by atoms with Gasteiger partial charge in [-0.15, -0.1) is 24.0 Å². The minimum atomic E-state index is -0.309. The molecule has 0 atom stereocenters. The zero-order valence-electron chi connectivity index (χ0n) is 10.3. The van der Waals surface area contributed by atoms with Crippen molar-refractivity contribution in [2.75, 3.05) is 39.9 Å². The molecule has 1 saturated heterocycles. The highest BCUT2D eigenvalue weighted by atomic mass is 127. The van der Waals surface area contributed by atoms with Crippen LogP contribution in [0, 0.1) is 5.41 Å². The van der Waals surface area contributed by atoms with E-state index in [1.54, 1.807) is 11.0 Å². The number of amides is 1. The zero-order valence-corrected chi connectivity index (χ0v) is 13.4. The van der Waals surface area contributed by atoms with Gasteiger partial charge in [0.25, 0.3) is 5.23 Å². The van der Waals surface area contributed by atoms with Gasteiger partial charge >= 0.3 is 6.09 Å². The molecule has 1 heterocycles. The lowest BCUT2D eigenvalue weighted by Gasteiger charge is -2.32. The smallest absolute Gasteiger partial charge is 0.410 e. The fourth-order valence-corrected chi connectivity index (χ4v) is 1.99. The second-order valence-electron chi connectivity index (χ2n) is 3.36. The number of nitrogens with one attached hydrogen (secondary N) is 1. The van der Waals surface area contributed by atoms with E-state index in [0.29, 0.717) is 26.2 Å². The van der Waals surface area contributed by atoms with Crippen LogP contribution in [0.1, 0.15) is 0 Å². The van der Waals surface area contributed by atoms with E-state index < -0.39 is 0 Å².